The number of furan rings is 1. The van der Waals surface area contributed by atoms with Crippen LogP contribution in [0, 0.1) is 0 Å². The van der Waals surface area contributed by atoms with E-state index in [-0.39, 0.29) is 29.8 Å². The van der Waals surface area contributed by atoms with Crippen LogP contribution in [0.2, 0.25) is 0 Å². The highest BCUT2D eigenvalue weighted by Gasteiger charge is 2.53. The quantitative estimate of drug-likeness (QED) is 0.160. The summed E-state index contributed by atoms with van der Waals surface area (Å²) in [6, 6.07) is 2.27. The lowest BCUT2D eigenvalue weighted by Gasteiger charge is -2.50. The Kier molecular flexibility index (Phi) is 5.60. The van der Waals surface area contributed by atoms with Crippen LogP contribution in [-0.2, 0) is 25.8 Å². The molecule has 2 aliphatic rings. The topological polar surface area (TPSA) is 193 Å². The molecule has 5 heterocycles. The van der Waals surface area contributed by atoms with Crippen molar-refractivity contribution < 1.29 is 37.8 Å². The van der Waals surface area contributed by atoms with Gasteiger partial charge in [-0.15, -0.1) is 11.8 Å². The molecule has 3 N–H and O–H groups in total. The summed E-state index contributed by atoms with van der Waals surface area (Å²) < 4.78 is 11.8. The van der Waals surface area contributed by atoms with Crippen LogP contribution in [0.4, 0.5) is 6.01 Å². The number of fused-ring (bicyclic) bond motifs is 2. The Bertz CT molecular complexity index is 1410. The average Bonchev–Trinajstić information content (AvgIpc) is 3.48. The summed E-state index contributed by atoms with van der Waals surface area (Å²) in [6.45, 7) is 0.231. The number of aliphatic carboxylic acids is 1. The Balaban J connectivity index is 1.36. The standard InChI is InChI=1S/C20H17N7O7S/c1-32-24-12(15-23-20(21)34-25-15)16(28)22-13-17(29)27-14(19(30)31)10(8-35-18(13)27)7-26-4-2-11-9(6-26)3-5-33-11/h2-6,13,18H,7-8H2,1H3,(H3-,21,22,23,25,28,30,31)/t13?,18-/m0/s1. The summed E-state index contributed by atoms with van der Waals surface area (Å²) in [4.78, 5) is 47.2. The number of hydrogen-bond donors (Lipinski definition) is 2. The van der Waals surface area contributed by atoms with E-state index in [1.807, 2.05) is 6.20 Å². The van der Waals surface area contributed by atoms with Gasteiger partial charge in [0, 0.05) is 17.4 Å². The van der Waals surface area contributed by atoms with Crippen LogP contribution in [0.3, 0.4) is 0 Å². The van der Waals surface area contributed by atoms with E-state index in [0.29, 0.717) is 16.9 Å². The summed E-state index contributed by atoms with van der Waals surface area (Å²) in [5, 5.41) is 21.8. The first-order chi connectivity index (χ1) is 16.9. The van der Waals surface area contributed by atoms with Gasteiger partial charge in [0.05, 0.1) is 23.3 Å². The highest BCUT2D eigenvalue weighted by Crippen LogP contribution is 2.40. The molecule has 3 aromatic heterocycles. The van der Waals surface area contributed by atoms with Gasteiger partial charge >= 0.3 is 6.01 Å². The van der Waals surface area contributed by atoms with E-state index in [4.69, 9.17) is 10.2 Å². The number of anilines is 1. The number of pyridine rings is 1. The Morgan fingerprint density at radius 2 is 2.29 bits per heavy atom. The highest BCUT2D eigenvalue weighted by molar-refractivity contribution is 8.00. The van der Waals surface area contributed by atoms with E-state index in [2.05, 4.69) is 30.0 Å². The molecule has 2 atom stereocenters. The first-order valence-corrected chi connectivity index (χ1v) is 11.2. The van der Waals surface area contributed by atoms with Crippen LogP contribution in [0.1, 0.15) is 5.82 Å². The third-order valence-corrected chi connectivity index (χ3v) is 6.74. The van der Waals surface area contributed by atoms with E-state index < -0.39 is 29.2 Å². The maximum absolute atomic E-state index is 12.9. The summed E-state index contributed by atoms with van der Waals surface area (Å²) in [7, 11) is 1.21. The minimum atomic E-state index is -1.47. The molecular formula is C20H17N7O7S. The maximum Gasteiger partial charge on any atom is 0.319 e. The minimum Gasteiger partial charge on any atom is -0.543 e. The lowest BCUT2D eigenvalue weighted by Crippen LogP contribution is -2.71. The lowest BCUT2D eigenvalue weighted by atomic mass is 10.0. The fraction of sp³-hybridized carbons (Fsp3) is 0.250. The molecule has 0 aliphatic carbocycles. The number of aromatic nitrogens is 3. The second-order valence-corrected chi connectivity index (χ2v) is 8.64. The molecule has 1 fully saturated rings. The monoisotopic (exact) mass is 499 g/mol. The number of nitrogen functional groups attached to an aromatic ring is 1. The summed E-state index contributed by atoms with van der Waals surface area (Å²) in [5.74, 6) is -2.82. The molecule has 0 bridgehead atoms. The fourth-order valence-electron chi connectivity index (χ4n) is 3.89. The molecule has 0 saturated carbocycles. The molecule has 1 saturated heterocycles. The third-order valence-electron chi connectivity index (χ3n) is 5.40. The van der Waals surface area contributed by atoms with E-state index >= 15 is 0 Å². The molecule has 5 rings (SSSR count). The van der Waals surface area contributed by atoms with Gasteiger partial charge in [-0.2, -0.15) is 4.98 Å². The van der Waals surface area contributed by atoms with Crippen molar-refractivity contribution in [2.45, 2.75) is 18.0 Å². The van der Waals surface area contributed by atoms with Gasteiger partial charge in [0.15, 0.2) is 18.9 Å². The third kappa shape index (κ3) is 3.95. The van der Waals surface area contributed by atoms with Crippen LogP contribution in [0.25, 0.3) is 11.0 Å². The van der Waals surface area contributed by atoms with Crippen molar-refractivity contribution in [1.29, 1.82) is 0 Å². The molecule has 180 valence electrons. The number of β-lactam (4-membered cyclic amide) rings is 1. The van der Waals surface area contributed by atoms with Crippen molar-refractivity contribution in [2.75, 3.05) is 18.6 Å². The van der Waals surface area contributed by atoms with Gasteiger partial charge in [-0.3, -0.25) is 14.5 Å². The number of thioether (sulfide) groups is 1. The second-order valence-electron chi connectivity index (χ2n) is 7.54. The summed E-state index contributed by atoms with van der Waals surface area (Å²) in [6.07, 6.45) is 5.13. The zero-order chi connectivity index (χ0) is 24.7. The van der Waals surface area contributed by atoms with E-state index in [9.17, 15) is 19.5 Å². The number of nitrogens with zero attached hydrogens (tertiary/aromatic N) is 5. The number of carbonyl (C=O) groups excluding carboxylic acids is 3. The molecule has 14 nitrogen and oxygen atoms in total. The van der Waals surface area contributed by atoms with Crippen LogP contribution < -0.4 is 20.7 Å². The Morgan fingerprint density at radius 3 is 3.00 bits per heavy atom. The van der Waals surface area contributed by atoms with Gasteiger partial charge in [0.1, 0.15) is 24.1 Å². The number of nitrogens with one attached hydrogen (secondary N) is 1. The molecule has 2 amide bonds. The molecule has 0 spiro atoms. The molecular weight excluding hydrogens is 482 g/mol. The number of carboxylic acid groups (broad SMARTS) is 1. The van der Waals surface area contributed by atoms with E-state index in [1.54, 1.807) is 29.2 Å². The van der Waals surface area contributed by atoms with Gasteiger partial charge in [-0.05, 0) is 6.07 Å². The van der Waals surface area contributed by atoms with Crippen molar-refractivity contribution in [3.05, 3.63) is 47.9 Å². The highest BCUT2D eigenvalue weighted by atomic mass is 32.2. The van der Waals surface area contributed by atoms with Gasteiger partial charge in [0.2, 0.25) is 11.5 Å². The zero-order valence-corrected chi connectivity index (χ0v) is 18.9. The van der Waals surface area contributed by atoms with Gasteiger partial charge in [0.25, 0.3) is 11.8 Å². The van der Waals surface area contributed by atoms with E-state index in [0.717, 1.165) is 10.3 Å². The first kappa shape index (κ1) is 22.4. The van der Waals surface area contributed by atoms with Crippen LogP contribution in [0.5, 0.6) is 0 Å². The lowest BCUT2D eigenvalue weighted by molar-refractivity contribution is -0.687. The second kappa shape index (κ2) is 8.75. The number of nitrogens with two attached hydrogens (primary N) is 1. The Morgan fingerprint density at radius 1 is 1.46 bits per heavy atom. The van der Waals surface area contributed by atoms with Crippen molar-refractivity contribution in [2.24, 2.45) is 5.16 Å². The number of hydrogen-bond acceptors (Lipinski definition) is 12. The number of carboxylic acids is 1. The number of oxime groups is 1. The fourth-order valence-corrected chi connectivity index (χ4v) is 5.22. The Hall–Kier alpha value is -4.40. The molecule has 1 unspecified atom stereocenters. The Labute approximate surface area is 200 Å². The normalized spacial score (nSPS) is 20.0. The predicted molar refractivity (Wildman–Crippen MR) is 116 cm³/mol. The van der Waals surface area contributed by atoms with Crippen LogP contribution in [0.15, 0.2) is 56.2 Å². The van der Waals surface area contributed by atoms with Gasteiger partial charge in [-0.25, -0.2) is 4.57 Å². The van der Waals surface area contributed by atoms with Crippen LogP contribution in [-0.4, -0.2) is 62.8 Å². The molecule has 2 aliphatic heterocycles. The SMILES string of the molecule is CON=C(C(=O)NC1C(=O)N2C(C(=O)[O-])=C(C[n+]3ccc4occc4c3)CS[C@@H]12)c1noc(N)n1. The largest absolute Gasteiger partial charge is 0.543 e. The van der Waals surface area contributed by atoms with Crippen LogP contribution >= 0.6 is 11.8 Å². The number of carbonyl (C=O) groups is 3. The van der Waals surface area contributed by atoms with Gasteiger partial charge < -0.3 is 34.7 Å². The molecule has 3 aromatic rings. The molecule has 15 heteroatoms. The zero-order valence-electron chi connectivity index (χ0n) is 18.0. The first-order valence-electron chi connectivity index (χ1n) is 10.1. The van der Waals surface area contributed by atoms with Crippen molar-refractivity contribution in [3.8, 4) is 0 Å². The predicted octanol–water partition coefficient (Wildman–Crippen LogP) is -1.86. The number of rotatable bonds is 7. The number of amides is 2. The van der Waals surface area contributed by atoms with Crippen molar-refractivity contribution >= 4 is 52.2 Å². The molecule has 0 radical (unpaired) electrons. The average molecular weight is 499 g/mol. The molecule has 35 heavy (non-hydrogen) atoms. The summed E-state index contributed by atoms with van der Waals surface area (Å²) >= 11 is 1.31. The molecule has 0 aromatic carbocycles. The van der Waals surface area contributed by atoms with E-state index in [1.165, 1.54) is 18.9 Å². The smallest absolute Gasteiger partial charge is 0.319 e. The maximum atomic E-state index is 12.9. The summed E-state index contributed by atoms with van der Waals surface area (Å²) in [5.41, 5.74) is 6.02. The van der Waals surface area contributed by atoms with Crippen molar-refractivity contribution in [1.82, 2.24) is 20.4 Å². The van der Waals surface area contributed by atoms with Gasteiger partial charge in [-0.1, -0.05) is 10.3 Å². The minimum absolute atomic E-state index is 0.208. The van der Waals surface area contributed by atoms with Crippen molar-refractivity contribution in [3.63, 3.8) is 0 Å².